The van der Waals surface area contributed by atoms with Crippen LogP contribution in [0.1, 0.15) is 29.9 Å². The molecule has 0 atom stereocenters. The molecule has 3 nitrogen and oxygen atoms in total. The maximum Gasteiger partial charge on any atom is 0.181 e. The van der Waals surface area contributed by atoms with Crippen LogP contribution in [0.4, 0.5) is 0 Å². The Kier molecular flexibility index (Phi) is 3.31. The van der Waals surface area contributed by atoms with E-state index in [1.807, 2.05) is 0 Å². The van der Waals surface area contributed by atoms with Gasteiger partial charge in [-0.15, -0.1) is 11.3 Å². The topological polar surface area (TPSA) is 47.0 Å². The van der Waals surface area contributed by atoms with Crippen LogP contribution in [0.2, 0.25) is 0 Å². The Hall–Kier alpha value is -1.03. The van der Waals surface area contributed by atoms with Gasteiger partial charge in [-0.2, -0.15) is 0 Å². The predicted octanol–water partition coefficient (Wildman–Crippen LogP) is 1.94. The van der Waals surface area contributed by atoms with Gasteiger partial charge in [-0.3, -0.25) is 14.6 Å². The van der Waals surface area contributed by atoms with Gasteiger partial charge in [0, 0.05) is 12.1 Å². The molecule has 0 amide bonds. The molecular formula is C9H11NO2S. The maximum absolute atomic E-state index is 11.4. The van der Waals surface area contributed by atoms with E-state index in [-0.39, 0.29) is 23.9 Å². The first-order chi connectivity index (χ1) is 6.11. The molecule has 1 heterocycles. The summed E-state index contributed by atoms with van der Waals surface area (Å²) in [5.74, 6) is -0.212. The lowest BCUT2D eigenvalue weighted by atomic mass is 10.0. The Morgan fingerprint density at radius 1 is 1.54 bits per heavy atom. The van der Waals surface area contributed by atoms with Crippen LogP contribution in [-0.4, -0.2) is 16.6 Å². The SMILES string of the molecule is CC(C)C(=O)CC(=O)c1cncs1. The van der Waals surface area contributed by atoms with Gasteiger partial charge < -0.3 is 0 Å². The van der Waals surface area contributed by atoms with Gasteiger partial charge in [0.15, 0.2) is 5.78 Å². The van der Waals surface area contributed by atoms with E-state index in [4.69, 9.17) is 0 Å². The number of ketones is 2. The Morgan fingerprint density at radius 2 is 2.23 bits per heavy atom. The third-order valence-corrected chi connectivity index (χ3v) is 2.50. The smallest absolute Gasteiger partial charge is 0.181 e. The van der Waals surface area contributed by atoms with Gasteiger partial charge in [0.05, 0.1) is 16.8 Å². The molecule has 0 fully saturated rings. The third-order valence-electron chi connectivity index (χ3n) is 1.69. The molecular weight excluding hydrogens is 186 g/mol. The Bertz CT molecular complexity index is 303. The summed E-state index contributed by atoms with van der Waals surface area (Å²) in [5.41, 5.74) is 1.59. The number of rotatable bonds is 4. The molecule has 70 valence electrons. The number of hydrogen-bond acceptors (Lipinski definition) is 4. The molecule has 0 unspecified atom stereocenters. The minimum atomic E-state index is -0.124. The summed E-state index contributed by atoms with van der Waals surface area (Å²) in [5, 5.41) is 0. The van der Waals surface area contributed by atoms with Gasteiger partial charge in [0.1, 0.15) is 5.78 Å². The number of nitrogens with zero attached hydrogens (tertiary/aromatic N) is 1. The highest BCUT2D eigenvalue weighted by Gasteiger charge is 2.15. The molecule has 1 aromatic heterocycles. The van der Waals surface area contributed by atoms with E-state index in [2.05, 4.69) is 4.98 Å². The van der Waals surface area contributed by atoms with E-state index >= 15 is 0 Å². The van der Waals surface area contributed by atoms with Crippen molar-refractivity contribution >= 4 is 22.9 Å². The fourth-order valence-corrected chi connectivity index (χ4v) is 1.36. The van der Waals surface area contributed by atoms with Gasteiger partial charge in [0.25, 0.3) is 0 Å². The lowest BCUT2D eigenvalue weighted by Crippen LogP contribution is -2.12. The van der Waals surface area contributed by atoms with Crippen molar-refractivity contribution in [3.63, 3.8) is 0 Å². The molecule has 0 saturated carbocycles. The zero-order chi connectivity index (χ0) is 9.84. The second-order valence-electron chi connectivity index (χ2n) is 3.09. The largest absolute Gasteiger partial charge is 0.299 e. The quantitative estimate of drug-likeness (QED) is 0.547. The Morgan fingerprint density at radius 3 is 2.69 bits per heavy atom. The Labute approximate surface area is 80.8 Å². The molecule has 13 heavy (non-hydrogen) atoms. The summed E-state index contributed by atoms with van der Waals surface area (Å²) >= 11 is 1.27. The fraction of sp³-hybridized carbons (Fsp3) is 0.444. The Balaban J connectivity index is 2.57. The molecule has 0 aromatic carbocycles. The summed E-state index contributed by atoms with van der Waals surface area (Å²) in [7, 11) is 0. The van der Waals surface area contributed by atoms with Crippen molar-refractivity contribution in [3.05, 3.63) is 16.6 Å². The van der Waals surface area contributed by atoms with Crippen molar-refractivity contribution in [2.45, 2.75) is 20.3 Å². The number of thiazole rings is 1. The lowest BCUT2D eigenvalue weighted by molar-refractivity contribution is -0.121. The molecule has 0 aliphatic rings. The summed E-state index contributed by atoms with van der Waals surface area (Å²) in [6.07, 6.45) is 1.50. The molecule has 0 spiro atoms. The van der Waals surface area contributed by atoms with Crippen molar-refractivity contribution in [3.8, 4) is 0 Å². The molecule has 0 bridgehead atoms. The first-order valence-corrected chi connectivity index (χ1v) is 4.93. The zero-order valence-electron chi connectivity index (χ0n) is 7.61. The monoisotopic (exact) mass is 197 g/mol. The van der Waals surface area contributed by atoms with E-state index in [1.165, 1.54) is 17.5 Å². The minimum absolute atomic E-state index is 0.000139. The third kappa shape index (κ3) is 2.73. The number of carbonyl (C=O) groups is 2. The number of hydrogen-bond donors (Lipinski definition) is 0. The highest BCUT2D eigenvalue weighted by Crippen LogP contribution is 2.10. The van der Waals surface area contributed by atoms with Crippen LogP contribution < -0.4 is 0 Å². The molecule has 0 saturated heterocycles. The average molecular weight is 197 g/mol. The molecule has 0 aliphatic heterocycles. The first kappa shape index (κ1) is 10.1. The van der Waals surface area contributed by atoms with Gasteiger partial charge in [0.2, 0.25) is 0 Å². The minimum Gasteiger partial charge on any atom is -0.299 e. The van der Waals surface area contributed by atoms with Crippen LogP contribution in [0, 0.1) is 5.92 Å². The van der Waals surface area contributed by atoms with Gasteiger partial charge in [-0.05, 0) is 0 Å². The first-order valence-electron chi connectivity index (χ1n) is 4.05. The van der Waals surface area contributed by atoms with Crippen molar-refractivity contribution in [1.82, 2.24) is 4.98 Å². The molecule has 4 heteroatoms. The van der Waals surface area contributed by atoms with Crippen LogP contribution in [0.15, 0.2) is 11.7 Å². The second kappa shape index (κ2) is 4.28. The van der Waals surface area contributed by atoms with Crippen LogP contribution in [0.5, 0.6) is 0 Å². The van der Waals surface area contributed by atoms with E-state index in [9.17, 15) is 9.59 Å². The molecule has 0 aliphatic carbocycles. The summed E-state index contributed by atoms with van der Waals surface area (Å²) in [4.78, 5) is 26.9. The molecule has 0 radical (unpaired) electrons. The number of aromatic nitrogens is 1. The van der Waals surface area contributed by atoms with Gasteiger partial charge in [-0.25, -0.2) is 0 Å². The summed E-state index contributed by atoms with van der Waals surface area (Å²) in [6, 6.07) is 0. The molecule has 1 rings (SSSR count). The fourth-order valence-electron chi connectivity index (χ4n) is 0.803. The highest BCUT2D eigenvalue weighted by molar-refractivity contribution is 7.11. The van der Waals surface area contributed by atoms with Crippen LogP contribution in [-0.2, 0) is 4.79 Å². The van der Waals surface area contributed by atoms with E-state index in [1.54, 1.807) is 19.4 Å². The van der Waals surface area contributed by atoms with E-state index in [0.717, 1.165) is 0 Å². The summed E-state index contributed by atoms with van der Waals surface area (Å²) in [6.45, 7) is 3.59. The second-order valence-corrected chi connectivity index (χ2v) is 3.97. The molecule has 1 aromatic rings. The maximum atomic E-state index is 11.4. The van der Waals surface area contributed by atoms with E-state index < -0.39 is 0 Å². The van der Waals surface area contributed by atoms with Crippen molar-refractivity contribution in [1.29, 1.82) is 0 Å². The van der Waals surface area contributed by atoms with Crippen molar-refractivity contribution in [2.24, 2.45) is 5.92 Å². The van der Waals surface area contributed by atoms with Crippen molar-refractivity contribution < 1.29 is 9.59 Å². The van der Waals surface area contributed by atoms with Gasteiger partial charge >= 0.3 is 0 Å². The summed E-state index contributed by atoms with van der Waals surface area (Å²) < 4.78 is 0. The average Bonchev–Trinajstić information content (AvgIpc) is 2.55. The lowest BCUT2D eigenvalue weighted by Gasteiger charge is -2.00. The standard InChI is InChI=1S/C9H11NO2S/c1-6(2)7(11)3-8(12)9-4-10-5-13-9/h4-6H,3H2,1-2H3. The van der Waals surface area contributed by atoms with Gasteiger partial charge in [-0.1, -0.05) is 13.8 Å². The normalized spacial score (nSPS) is 10.4. The van der Waals surface area contributed by atoms with Crippen LogP contribution in [0.3, 0.4) is 0 Å². The van der Waals surface area contributed by atoms with Crippen LogP contribution in [0.25, 0.3) is 0 Å². The van der Waals surface area contributed by atoms with E-state index in [0.29, 0.717) is 4.88 Å². The number of Topliss-reactive ketones (excluding diaryl/α,β-unsaturated/α-hetero) is 2. The highest BCUT2D eigenvalue weighted by atomic mass is 32.1. The van der Waals surface area contributed by atoms with Crippen molar-refractivity contribution in [2.75, 3.05) is 0 Å². The van der Waals surface area contributed by atoms with Crippen LogP contribution >= 0.6 is 11.3 Å². The zero-order valence-corrected chi connectivity index (χ0v) is 8.43. The number of carbonyl (C=O) groups excluding carboxylic acids is 2. The molecule has 0 N–H and O–H groups in total. The predicted molar refractivity (Wildman–Crippen MR) is 50.9 cm³/mol.